The van der Waals surface area contributed by atoms with E-state index in [2.05, 4.69) is 0 Å². The zero-order chi connectivity index (χ0) is 12.2. The van der Waals surface area contributed by atoms with Gasteiger partial charge < -0.3 is 19.3 Å². The quantitative estimate of drug-likeness (QED) is 0.708. The van der Waals surface area contributed by atoms with Gasteiger partial charge in [-0.05, 0) is 27.2 Å². The Kier molecular flexibility index (Phi) is 5.18. The van der Waals surface area contributed by atoms with Gasteiger partial charge >= 0.3 is 0 Å². The van der Waals surface area contributed by atoms with Gasteiger partial charge in [0.15, 0.2) is 6.29 Å². The Morgan fingerprint density at radius 2 is 2.19 bits per heavy atom. The molecular formula is C12H24O4. The minimum Gasteiger partial charge on any atom is -0.391 e. The largest absolute Gasteiger partial charge is 0.391 e. The fraction of sp³-hybridized carbons (Fsp3) is 1.00. The van der Waals surface area contributed by atoms with E-state index in [0.29, 0.717) is 6.61 Å². The topological polar surface area (TPSA) is 47.9 Å². The standard InChI is InChI=1S/C12H24O4/c1-5-9(2)15-11(7-13)16-10-6-12(3,4)14-8-10/h9-11,13H,5-8H2,1-4H3. The third kappa shape index (κ3) is 4.37. The molecule has 1 aliphatic rings. The maximum Gasteiger partial charge on any atom is 0.181 e. The average molecular weight is 232 g/mol. The van der Waals surface area contributed by atoms with Gasteiger partial charge in [0.1, 0.15) is 0 Å². The second-order valence-corrected chi connectivity index (χ2v) is 5.00. The van der Waals surface area contributed by atoms with Gasteiger partial charge in [-0.3, -0.25) is 0 Å². The minimum atomic E-state index is -0.530. The smallest absolute Gasteiger partial charge is 0.181 e. The third-order valence-electron chi connectivity index (χ3n) is 2.83. The molecule has 0 aromatic heterocycles. The van der Waals surface area contributed by atoms with Crippen molar-refractivity contribution in [1.29, 1.82) is 0 Å². The predicted octanol–water partition coefficient (Wildman–Crippen LogP) is 1.70. The highest BCUT2D eigenvalue weighted by Crippen LogP contribution is 2.27. The SMILES string of the molecule is CCC(C)OC(CO)OC1COC(C)(C)C1. The van der Waals surface area contributed by atoms with E-state index in [1.54, 1.807) is 0 Å². The van der Waals surface area contributed by atoms with Crippen molar-refractivity contribution in [3.8, 4) is 0 Å². The lowest BCUT2D eigenvalue weighted by atomic mass is 10.1. The van der Waals surface area contributed by atoms with Gasteiger partial charge in [-0.25, -0.2) is 0 Å². The van der Waals surface area contributed by atoms with Gasteiger partial charge in [0.2, 0.25) is 0 Å². The maximum absolute atomic E-state index is 9.17. The van der Waals surface area contributed by atoms with Crippen molar-refractivity contribution in [2.75, 3.05) is 13.2 Å². The van der Waals surface area contributed by atoms with E-state index in [1.807, 2.05) is 27.7 Å². The van der Waals surface area contributed by atoms with E-state index in [1.165, 1.54) is 0 Å². The Morgan fingerprint density at radius 1 is 1.50 bits per heavy atom. The van der Waals surface area contributed by atoms with Crippen LogP contribution in [0.1, 0.15) is 40.5 Å². The summed E-state index contributed by atoms with van der Waals surface area (Å²) in [7, 11) is 0. The first-order valence-electron chi connectivity index (χ1n) is 6.02. The van der Waals surface area contributed by atoms with Crippen LogP contribution in [0.4, 0.5) is 0 Å². The molecule has 1 heterocycles. The lowest BCUT2D eigenvalue weighted by Gasteiger charge is -2.23. The summed E-state index contributed by atoms with van der Waals surface area (Å²) in [6.45, 7) is 8.57. The molecular weight excluding hydrogens is 208 g/mol. The molecule has 0 amide bonds. The van der Waals surface area contributed by atoms with E-state index in [9.17, 15) is 5.11 Å². The Labute approximate surface area is 97.9 Å². The Bertz CT molecular complexity index is 205. The predicted molar refractivity (Wildman–Crippen MR) is 61.2 cm³/mol. The second kappa shape index (κ2) is 5.96. The van der Waals surface area contributed by atoms with Gasteiger partial charge in [-0.2, -0.15) is 0 Å². The summed E-state index contributed by atoms with van der Waals surface area (Å²) in [5.74, 6) is 0. The van der Waals surface area contributed by atoms with Gasteiger partial charge in [0.05, 0.1) is 31.0 Å². The van der Waals surface area contributed by atoms with E-state index in [0.717, 1.165) is 12.8 Å². The van der Waals surface area contributed by atoms with Crippen molar-refractivity contribution in [2.45, 2.75) is 64.6 Å². The van der Waals surface area contributed by atoms with Crippen molar-refractivity contribution in [2.24, 2.45) is 0 Å². The van der Waals surface area contributed by atoms with E-state index in [4.69, 9.17) is 14.2 Å². The maximum atomic E-state index is 9.17. The van der Waals surface area contributed by atoms with Crippen molar-refractivity contribution < 1.29 is 19.3 Å². The molecule has 1 rings (SSSR count). The molecule has 4 heteroatoms. The van der Waals surface area contributed by atoms with E-state index < -0.39 is 6.29 Å². The van der Waals surface area contributed by atoms with Crippen LogP contribution in [-0.2, 0) is 14.2 Å². The summed E-state index contributed by atoms with van der Waals surface area (Å²) in [6.07, 6.45) is 1.35. The van der Waals surface area contributed by atoms with Crippen LogP contribution in [0.3, 0.4) is 0 Å². The number of rotatable bonds is 6. The van der Waals surface area contributed by atoms with Crippen molar-refractivity contribution in [3.63, 3.8) is 0 Å². The first-order chi connectivity index (χ1) is 7.46. The first-order valence-corrected chi connectivity index (χ1v) is 6.02. The summed E-state index contributed by atoms with van der Waals surface area (Å²) in [4.78, 5) is 0. The van der Waals surface area contributed by atoms with Crippen LogP contribution in [-0.4, -0.2) is 42.4 Å². The van der Waals surface area contributed by atoms with Crippen LogP contribution in [0.2, 0.25) is 0 Å². The average Bonchev–Trinajstić information content (AvgIpc) is 2.56. The molecule has 0 aromatic carbocycles. The normalized spacial score (nSPS) is 27.9. The van der Waals surface area contributed by atoms with Crippen LogP contribution in [0.25, 0.3) is 0 Å². The molecule has 4 nitrogen and oxygen atoms in total. The highest BCUT2D eigenvalue weighted by atomic mass is 16.7. The molecule has 1 N–H and O–H groups in total. The fourth-order valence-corrected chi connectivity index (χ4v) is 1.76. The molecule has 0 saturated carbocycles. The number of aliphatic hydroxyl groups is 1. The van der Waals surface area contributed by atoms with E-state index in [-0.39, 0.29) is 24.4 Å². The highest BCUT2D eigenvalue weighted by molar-refractivity contribution is 4.81. The number of ether oxygens (including phenoxy) is 3. The monoisotopic (exact) mass is 232 g/mol. The summed E-state index contributed by atoms with van der Waals surface area (Å²) >= 11 is 0. The highest BCUT2D eigenvalue weighted by Gasteiger charge is 2.34. The van der Waals surface area contributed by atoms with Gasteiger partial charge in [-0.15, -0.1) is 0 Å². The third-order valence-corrected chi connectivity index (χ3v) is 2.83. The molecule has 0 spiro atoms. The molecule has 96 valence electrons. The molecule has 1 aliphatic heterocycles. The fourth-order valence-electron chi connectivity index (χ4n) is 1.76. The molecule has 3 unspecified atom stereocenters. The summed E-state index contributed by atoms with van der Waals surface area (Å²) in [5.41, 5.74) is -0.124. The molecule has 0 aliphatic carbocycles. The molecule has 16 heavy (non-hydrogen) atoms. The van der Waals surface area contributed by atoms with Crippen LogP contribution < -0.4 is 0 Å². The Hall–Kier alpha value is -0.160. The first kappa shape index (κ1) is 13.9. The molecule has 3 atom stereocenters. The molecule has 0 radical (unpaired) electrons. The zero-order valence-corrected chi connectivity index (χ0v) is 10.7. The summed E-state index contributed by atoms with van der Waals surface area (Å²) in [6, 6.07) is 0. The Morgan fingerprint density at radius 3 is 2.62 bits per heavy atom. The van der Waals surface area contributed by atoms with Gasteiger partial charge in [0, 0.05) is 6.42 Å². The summed E-state index contributed by atoms with van der Waals surface area (Å²) < 4.78 is 16.8. The lowest BCUT2D eigenvalue weighted by Crippen LogP contribution is -2.31. The summed E-state index contributed by atoms with van der Waals surface area (Å²) in [5, 5.41) is 9.17. The Balaban J connectivity index is 2.34. The second-order valence-electron chi connectivity index (χ2n) is 5.00. The lowest BCUT2D eigenvalue weighted by molar-refractivity contribution is -0.206. The van der Waals surface area contributed by atoms with Crippen molar-refractivity contribution >= 4 is 0 Å². The van der Waals surface area contributed by atoms with Crippen molar-refractivity contribution in [1.82, 2.24) is 0 Å². The van der Waals surface area contributed by atoms with Crippen molar-refractivity contribution in [3.05, 3.63) is 0 Å². The molecule has 0 bridgehead atoms. The molecule has 1 fully saturated rings. The van der Waals surface area contributed by atoms with Crippen LogP contribution in [0, 0.1) is 0 Å². The number of hydrogen-bond donors (Lipinski definition) is 1. The molecule has 1 saturated heterocycles. The van der Waals surface area contributed by atoms with Crippen LogP contribution in [0.5, 0.6) is 0 Å². The number of hydrogen-bond acceptors (Lipinski definition) is 4. The van der Waals surface area contributed by atoms with Crippen LogP contribution >= 0.6 is 0 Å². The van der Waals surface area contributed by atoms with Gasteiger partial charge in [0.25, 0.3) is 0 Å². The van der Waals surface area contributed by atoms with E-state index >= 15 is 0 Å². The van der Waals surface area contributed by atoms with Crippen LogP contribution in [0.15, 0.2) is 0 Å². The zero-order valence-electron chi connectivity index (χ0n) is 10.7. The number of aliphatic hydroxyl groups excluding tert-OH is 1. The molecule has 0 aromatic rings. The minimum absolute atomic E-state index is 0.0243. The van der Waals surface area contributed by atoms with Gasteiger partial charge in [-0.1, -0.05) is 6.92 Å².